The van der Waals surface area contributed by atoms with Crippen molar-refractivity contribution in [2.24, 2.45) is 0 Å². The van der Waals surface area contributed by atoms with Crippen molar-refractivity contribution in [3.05, 3.63) is 28.5 Å². The number of rotatable bonds is 9. The Morgan fingerprint density at radius 3 is 2.72 bits per heavy atom. The molecule has 0 aliphatic rings. The van der Waals surface area contributed by atoms with E-state index < -0.39 is 0 Å². The van der Waals surface area contributed by atoms with Gasteiger partial charge in [0.05, 0.1) is 11.1 Å². The van der Waals surface area contributed by atoms with Crippen LogP contribution in [-0.4, -0.2) is 19.7 Å². The summed E-state index contributed by atoms with van der Waals surface area (Å²) in [5.74, 6) is 0.321. The fourth-order valence-electron chi connectivity index (χ4n) is 1.64. The van der Waals surface area contributed by atoms with Crippen molar-refractivity contribution in [2.45, 2.75) is 32.6 Å². The standard InChI is InChI=1S/C14H21BrFNO/c1-2-17-9-5-3-4-6-10-18-12-7-8-13(15)14(16)11-12/h7-8,11,17H,2-6,9-10H2,1H3. The minimum atomic E-state index is -0.280. The molecule has 0 atom stereocenters. The Labute approximate surface area is 117 Å². The topological polar surface area (TPSA) is 21.3 Å². The van der Waals surface area contributed by atoms with Gasteiger partial charge in [-0.1, -0.05) is 19.8 Å². The molecule has 0 radical (unpaired) electrons. The predicted octanol–water partition coefficient (Wildman–Crippen LogP) is 4.14. The van der Waals surface area contributed by atoms with Crippen molar-refractivity contribution >= 4 is 15.9 Å². The van der Waals surface area contributed by atoms with Crippen LogP contribution in [0.1, 0.15) is 32.6 Å². The van der Waals surface area contributed by atoms with Crippen LogP contribution in [0.3, 0.4) is 0 Å². The Morgan fingerprint density at radius 1 is 1.22 bits per heavy atom. The van der Waals surface area contributed by atoms with Crippen LogP contribution in [0.25, 0.3) is 0 Å². The molecule has 4 heteroatoms. The van der Waals surface area contributed by atoms with Gasteiger partial charge < -0.3 is 10.1 Å². The highest BCUT2D eigenvalue weighted by Gasteiger charge is 2.01. The Hall–Kier alpha value is -0.610. The molecule has 0 aliphatic heterocycles. The number of ether oxygens (including phenoxy) is 1. The van der Waals surface area contributed by atoms with Crippen LogP contribution in [0.15, 0.2) is 22.7 Å². The summed E-state index contributed by atoms with van der Waals surface area (Å²) in [6, 6.07) is 4.86. The molecular formula is C14H21BrFNO. The van der Waals surface area contributed by atoms with E-state index in [-0.39, 0.29) is 5.82 Å². The number of hydrogen-bond donors (Lipinski definition) is 1. The average Bonchev–Trinajstić information content (AvgIpc) is 2.37. The molecule has 0 saturated heterocycles. The zero-order valence-electron chi connectivity index (χ0n) is 10.8. The highest BCUT2D eigenvalue weighted by molar-refractivity contribution is 9.10. The number of halogens is 2. The third-order valence-electron chi connectivity index (χ3n) is 2.66. The molecule has 0 spiro atoms. The van der Waals surface area contributed by atoms with Gasteiger partial charge in [-0.15, -0.1) is 0 Å². The molecule has 0 amide bonds. The summed E-state index contributed by atoms with van der Waals surface area (Å²) in [5.41, 5.74) is 0. The molecule has 0 heterocycles. The van der Waals surface area contributed by atoms with Crippen LogP contribution < -0.4 is 10.1 Å². The van der Waals surface area contributed by atoms with Gasteiger partial charge in [0, 0.05) is 6.07 Å². The first-order valence-electron chi connectivity index (χ1n) is 6.52. The Morgan fingerprint density at radius 2 is 2.00 bits per heavy atom. The van der Waals surface area contributed by atoms with Gasteiger partial charge in [0.1, 0.15) is 11.6 Å². The van der Waals surface area contributed by atoms with E-state index in [0.29, 0.717) is 16.8 Å². The highest BCUT2D eigenvalue weighted by Crippen LogP contribution is 2.21. The van der Waals surface area contributed by atoms with E-state index in [0.717, 1.165) is 25.9 Å². The Kier molecular flexibility index (Phi) is 8.01. The van der Waals surface area contributed by atoms with Gasteiger partial charge in [0.15, 0.2) is 0 Å². The molecule has 0 bridgehead atoms. The maximum atomic E-state index is 13.2. The first-order chi connectivity index (χ1) is 8.74. The molecule has 102 valence electrons. The molecule has 0 aromatic heterocycles. The average molecular weight is 318 g/mol. The van der Waals surface area contributed by atoms with Gasteiger partial charge in [-0.25, -0.2) is 4.39 Å². The van der Waals surface area contributed by atoms with Crippen LogP contribution in [0.5, 0.6) is 5.75 Å². The third-order valence-corrected chi connectivity index (χ3v) is 3.30. The van der Waals surface area contributed by atoms with Crippen molar-refractivity contribution < 1.29 is 9.13 Å². The molecule has 0 unspecified atom stereocenters. The predicted molar refractivity (Wildman–Crippen MR) is 76.6 cm³/mol. The van der Waals surface area contributed by atoms with E-state index >= 15 is 0 Å². The van der Waals surface area contributed by atoms with Gasteiger partial charge in [0.25, 0.3) is 0 Å². The number of nitrogens with one attached hydrogen (secondary N) is 1. The summed E-state index contributed by atoms with van der Waals surface area (Å²) >= 11 is 3.12. The van der Waals surface area contributed by atoms with Gasteiger partial charge in [-0.05, 0) is 54.0 Å². The van der Waals surface area contributed by atoms with Crippen molar-refractivity contribution in [3.8, 4) is 5.75 Å². The number of hydrogen-bond acceptors (Lipinski definition) is 2. The molecule has 1 aromatic carbocycles. The lowest BCUT2D eigenvalue weighted by Crippen LogP contribution is -2.13. The minimum Gasteiger partial charge on any atom is -0.493 e. The largest absolute Gasteiger partial charge is 0.493 e. The van der Waals surface area contributed by atoms with E-state index in [1.807, 2.05) is 0 Å². The van der Waals surface area contributed by atoms with Crippen molar-refractivity contribution in [3.63, 3.8) is 0 Å². The first kappa shape index (κ1) is 15.4. The molecule has 1 aromatic rings. The SMILES string of the molecule is CCNCCCCCCOc1ccc(Br)c(F)c1. The van der Waals surface area contributed by atoms with E-state index in [4.69, 9.17) is 4.74 Å². The molecule has 18 heavy (non-hydrogen) atoms. The van der Waals surface area contributed by atoms with E-state index in [1.165, 1.54) is 18.9 Å². The summed E-state index contributed by atoms with van der Waals surface area (Å²) < 4.78 is 19.2. The highest BCUT2D eigenvalue weighted by atomic mass is 79.9. The van der Waals surface area contributed by atoms with E-state index in [1.54, 1.807) is 12.1 Å². The molecule has 1 rings (SSSR count). The van der Waals surface area contributed by atoms with Crippen LogP contribution >= 0.6 is 15.9 Å². The summed E-state index contributed by atoms with van der Waals surface area (Å²) in [4.78, 5) is 0. The zero-order valence-corrected chi connectivity index (χ0v) is 12.4. The van der Waals surface area contributed by atoms with Gasteiger partial charge in [-0.2, -0.15) is 0 Å². The zero-order chi connectivity index (χ0) is 13.2. The molecule has 0 fully saturated rings. The smallest absolute Gasteiger partial charge is 0.141 e. The lowest BCUT2D eigenvalue weighted by atomic mass is 10.2. The number of unbranched alkanes of at least 4 members (excludes halogenated alkanes) is 3. The summed E-state index contributed by atoms with van der Waals surface area (Å²) in [7, 11) is 0. The lowest BCUT2D eigenvalue weighted by molar-refractivity contribution is 0.303. The van der Waals surface area contributed by atoms with E-state index in [9.17, 15) is 4.39 Å². The second-order valence-corrected chi connectivity index (χ2v) is 5.05. The molecule has 2 nitrogen and oxygen atoms in total. The van der Waals surface area contributed by atoms with Gasteiger partial charge in [0.2, 0.25) is 0 Å². The fraction of sp³-hybridized carbons (Fsp3) is 0.571. The normalized spacial score (nSPS) is 10.6. The quantitative estimate of drug-likeness (QED) is 0.691. The monoisotopic (exact) mass is 317 g/mol. The van der Waals surface area contributed by atoms with E-state index in [2.05, 4.69) is 28.2 Å². The maximum absolute atomic E-state index is 13.2. The van der Waals surface area contributed by atoms with Gasteiger partial charge >= 0.3 is 0 Å². The van der Waals surface area contributed by atoms with Crippen molar-refractivity contribution in [1.82, 2.24) is 5.32 Å². The molecular weight excluding hydrogens is 297 g/mol. The Bertz CT molecular complexity index is 347. The lowest BCUT2D eigenvalue weighted by Gasteiger charge is -2.07. The van der Waals surface area contributed by atoms with Crippen LogP contribution in [0, 0.1) is 5.82 Å². The van der Waals surface area contributed by atoms with Gasteiger partial charge in [-0.3, -0.25) is 0 Å². The molecule has 1 N–H and O–H groups in total. The second-order valence-electron chi connectivity index (χ2n) is 4.19. The number of benzene rings is 1. The van der Waals surface area contributed by atoms with Crippen LogP contribution in [-0.2, 0) is 0 Å². The third kappa shape index (κ3) is 6.36. The maximum Gasteiger partial charge on any atom is 0.141 e. The fourth-order valence-corrected chi connectivity index (χ4v) is 1.89. The summed E-state index contributed by atoms with van der Waals surface area (Å²) in [5, 5.41) is 3.30. The summed E-state index contributed by atoms with van der Waals surface area (Å²) in [6.07, 6.45) is 4.60. The second kappa shape index (κ2) is 9.34. The Balaban J connectivity index is 2.05. The minimum absolute atomic E-state index is 0.280. The molecule has 0 aliphatic carbocycles. The van der Waals surface area contributed by atoms with Crippen molar-refractivity contribution in [2.75, 3.05) is 19.7 Å². The van der Waals surface area contributed by atoms with Crippen LogP contribution in [0.2, 0.25) is 0 Å². The molecule has 0 saturated carbocycles. The first-order valence-corrected chi connectivity index (χ1v) is 7.32. The van der Waals surface area contributed by atoms with Crippen molar-refractivity contribution in [1.29, 1.82) is 0 Å². The summed E-state index contributed by atoms with van der Waals surface area (Å²) in [6.45, 7) is 4.90. The van der Waals surface area contributed by atoms with Crippen LogP contribution in [0.4, 0.5) is 4.39 Å².